The molecule has 1 N–H and O–H groups in total. The molecule has 0 bridgehead atoms. The van der Waals surface area contributed by atoms with E-state index >= 15 is 0 Å². The zero-order chi connectivity index (χ0) is 19.8. The number of nitrogens with zero attached hydrogens (tertiary/aromatic N) is 2. The molecule has 1 saturated heterocycles. The van der Waals surface area contributed by atoms with Crippen molar-refractivity contribution in [1.29, 1.82) is 0 Å². The van der Waals surface area contributed by atoms with Crippen LogP contribution in [0.25, 0.3) is 10.9 Å². The average Bonchev–Trinajstić information content (AvgIpc) is 3.07. The van der Waals surface area contributed by atoms with Crippen LogP contribution >= 0.6 is 0 Å². The van der Waals surface area contributed by atoms with Gasteiger partial charge in [0.1, 0.15) is 6.61 Å². The number of ether oxygens (including phenoxy) is 1. The summed E-state index contributed by atoms with van der Waals surface area (Å²) in [5, 5.41) is 10.4. The highest BCUT2D eigenvalue weighted by Crippen LogP contribution is 2.45. The first-order chi connectivity index (χ1) is 13.6. The van der Waals surface area contributed by atoms with E-state index in [2.05, 4.69) is 54.8 Å². The fourth-order valence-electron chi connectivity index (χ4n) is 5.49. The molecule has 0 radical (unpaired) electrons. The van der Waals surface area contributed by atoms with Gasteiger partial charge in [0.2, 0.25) is 0 Å². The fourth-order valence-corrected chi connectivity index (χ4v) is 5.49. The SMILES string of the molecule is CCC(CC)n1cc2c3c(cccc31)C1CC(C(=O)OCCO)CN(C)C1C2. The second kappa shape index (κ2) is 7.88. The number of aromatic nitrogens is 1. The Labute approximate surface area is 167 Å². The topological polar surface area (TPSA) is 54.7 Å². The van der Waals surface area contributed by atoms with Crippen LogP contribution in [0.2, 0.25) is 0 Å². The lowest BCUT2D eigenvalue weighted by atomic mass is 9.72. The minimum Gasteiger partial charge on any atom is -0.463 e. The van der Waals surface area contributed by atoms with Gasteiger partial charge in [0.05, 0.1) is 12.5 Å². The van der Waals surface area contributed by atoms with Gasteiger partial charge in [-0.1, -0.05) is 26.0 Å². The zero-order valence-electron chi connectivity index (χ0n) is 17.2. The van der Waals surface area contributed by atoms with E-state index in [9.17, 15) is 4.79 Å². The van der Waals surface area contributed by atoms with Crippen molar-refractivity contribution < 1.29 is 14.6 Å². The minimum atomic E-state index is -0.174. The Bertz CT molecular complexity index is 855. The number of piperidine rings is 1. The van der Waals surface area contributed by atoms with Crippen molar-refractivity contribution in [3.63, 3.8) is 0 Å². The molecule has 0 spiro atoms. The van der Waals surface area contributed by atoms with Gasteiger partial charge in [-0.25, -0.2) is 0 Å². The fraction of sp³-hybridized carbons (Fsp3) is 0.609. The molecule has 3 unspecified atom stereocenters. The Hall–Kier alpha value is -1.85. The number of likely N-dealkylation sites (N-methyl/N-ethyl adjacent to an activating group) is 1. The maximum atomic E-state index is 12.5. The third kappa shape index (κ3) is 3.15. The van der Waals surface area contributed by atoms with Gasteiger partial charge in [-0.2, -0.15) is 0 Å². The number of carbonyl (C=O) groups is 1. The standard InChI is InChI=1S/C23H32N2O3/c1-4-17(5-2)25-14-15-12-21-19(18-7-6-8-20(25)22(15)18)11-16(13-24(21)3)23(27)28-10-9-26/h6-8,14,16-17,19,21,26H,4-5,9-13H2,1-3H3. The number of benzene rings is 1. The molecule has 0 amide bonds. The summed E-state index contributed by atoms with van der Waals surface area (Å²) in [5.41, 5.74) is 4.18. The van der Waals surface area contributed by atoms with Gasteiger partial charge in [0.15, 0.2) is 0 Å². The Morgan fingerprint density at radius 1 is 1.32 bits per heavy atom. The Morgan fingerprint density at radius 3 is 2.82 bits per heavy atom. The largest absolute Gasteiger partial charge is 0.463 e. The van der Waals surface area contributed by atoms with Crippen LogP contribution < -0.4 is 0 Å². The molecule has 0 saturated carbocycles. The van der Waals surface area contributed by atoms with Crippen molar-refractivity contribution in [3.05, 3.63) is 35.5 Å². The molecule has 1 aromatic carbocycles. The molecule has 3 atom stereocenters. The normalized spacial score (nSPS) is 24.5. The van der Waals surface area contributed by atoms with Gasteiger partial charge in [-0.15, -0.1) is 0 Å². The lowest BCUT2D eigenvalue weighted by molar-refractivity contribution is -0.152. The first kappa shape index (κ1) is 19.5. The van der Waals surface area contributed by atoms with Crippen LogP contribution in [0.15, 0.2) is 24.4 Å². The molecule has 5 nitrogen and oxygen atoms in total. The second-order valence-corrected chi connectivity index (χ2v) is 8.41. The van der Waals surface area contributed by atoms with Crippen LogP contribution in [0, 0.1) is 5.92 Å². The molecule has 2 aromatic rings. The van der Waals surface area contributed by atoms with E-state index in [-0.39, 0.29) is 25.1 Å². The van der Waals surface area contributed by atoms with Crippen LogP contribution in [0.5, 0.6) is 0 Å². The van der Waals surface area contributed by atoms with Crippen molar-refractivity contribution in [2.24, 2.45) is 5.92 Å². The van der Waals surface area contributed by atoms with E-state index in [1.54, 1.807) is 0 Å². The van der Waals surface area contributed by atoms with E-state index < -0.39 is 0 Å². The van der Waals surface area contributed by atoms with Crippen LogP contribution in [0.1, 0.15) is 56.2 Å². The lowest BCUT2D eigenvalue weighted by Crippen LogP contribution is -2.49. The van der Waals surface area contributed by atoms with Gasteiger partial charge in [-0.05, 0) is 49.9 Å². The number of aliphatic hydroxyl groups is 1. The Balaban J connectivity index is 1.72. The molecule has 28 heavy (non-hydrogen) atoms. The third-order valence-electron chi connectivity index (χ3n) is 6.88. The third-order valence-corrected chi connectivity index (χ3v) is 6.88. The summed E-state index contributed by atoms with van der Waals surface area (Å²) in [6.07, 6.45) is 6.52. The smallest absolute Gasteiger partial charge is 0.310 e. The number of aliphatic hydroxyl groups excluding tert-OH is 1. The van der Waals surface area contributed by atoms with Crippen molar-refractivity contribution in [1.82, 2.24) is 9.47 Å². The number of fused-ring (bicyclic) bond motifs is 2. The van der Waals surface area contributed by atoms with Gasteiger partial charge in [-0.3, -0.25) is 4.79 Å². The number of esters is 1. The molecule has 2 heterocycles. The van der Waals surface area contributed by atoms with Crippen molar-refractivity contribution in [2.75, 3.05) is 26.8 Å². The van der Waals surface area contributed by atoms with Crippen LogP contribution in [-0.2, 0) is 16.0 Å². The summed E-state index contributed by atoms with van der Waals surface area (Å²) in [6.45, 7) is 5.22. The maximum Gasteiger partial charge on any atom is 0.310 e. The van der Waals surface area contributed by atoms with Crippen molar-refractivity contribution >= 4 is 16.9 Å². The molecule has 152 valence electrons. The number of hydrogen-bond donors (Lipinski definition) is 1. The summed E-state index contributed by atoms with van der Waals surface area (Å²) in [6, 6.07) is 7.65. The highest BCUT2D eigenvalue weighted by molar-refractivity contribution is 5.89. The second-order valence-electron chi connectivity index (χ2n) is 8.41. The Kier molecular flexibility index (Phi) is 5.48. The molecule has 1 fully saturated rings. The monoisotopic (exact) mass is 384 g/mol. The predicted molar refractivity (Wildman–Crippen MR) is 111 cm³/mol. The zero-order valence-corrected chi connectivity index (χ0v) is 17.2. The summed E-state index contributed by atoms with van der Waals surface area (Å²) in [5.74, 6) is 0.0434. The number of hydrogen-bond acceptors (Lipinski definition) is 4. The van der Waals surface area contributed by atoms with Gasteiger partial charge < -0.3 is 19.3 Å². The van der Waals surface area contributed by atoms with Crippen molar-refractivity contribution in [2.45, 2.75) is 57.5 Å². The van der Waals surface area contributed by atoms with Gasteiger partial charge >= 0.3 is 5.97 Å². The molecule has 2 aliphatic rings. The minimum absolute atomic E-state index is 0.0884. The average molecular weight is 385 g/mol. The van der Waals surface area contributed by atoms with Crippen LogP contribution in [0.4, 0.5) is 0 Å². The number of rotatable bonds is 6. The summed E-state index contributed by atoms with van der Waals surface area (Å²) < 4.78 is 7.73. The van der Waals surface area contributed by atoms with Crippen molar-refractivity contribution in [3.8, 4) is 0 Å². The number of likely N-dealkylation sites (tertiary alicyclic amines) is 1. The quantitative estimate of drug-likeness (QED) is 0.775. The summed E-state index contributed by atoms with van der Waals surface area (Å²) >= 11 is 0. The Morgan fingerprint density at radius 2 is 2.11 bits per heavy atom. The summed E-state index contributed by atoms with van der Waals surface area (Å²) in [4.78, 5) is 14.8. The lowest BCUT2D eigenvalue weighted by Gasteiger charge is -2.44. The predicted octanol–water partition coefficient (Wildman–Crippen LogP) is 3.50. The van der Waals surface area contributed by atoms with Crippen LogP contribution in [-0.4, -0.2) is 53.4 Å². The van der Waals surface area contributed by atoms with E-state index in [0.29, 0.717) is 18.0 Å². The molecular weight excluding hydrogens is 352 g/mol. The molecular formula is C23H32N2O3. The highest BCUT2D eigenvalue weighted by Gasteiger charge is 2.42. The van der Waals surface area contributed by atoms with E-state index in [4.69, 9.17) is 9.84 Å². The number of carbonyl (C=O) groups excluding carboxylic acids is 1. The van der Waals surface area contributed by atoms with Gasteiger partial charge in [0.25, 0.3) is 0 Å². The van der Waals surface area contributed by atoms with Gasteiger partial charge in [0, 0.05) is 41.6 Å². The first-order valence-corrected chi connectivity index (χ1v) is 10.7. The molecule has 4 rings (SSSR count). The van der Waals surface area contributed by atoms with E-state index in [1.165, 1.54) is 22.0 Å². The first-order valence-electron chi connectivity index (χ1n) is 10.7. The van der Waals surface area contributed by atoms with E-state index in [0.717, 1.165) is 32.2 Å². The summed E-state index contributed by atoms with van der Waals surface area (Å²) in [7, 11) is 2.13. The molecule has 1 aliphatic carbocycles. The molecule has 1 aliphatic heterocycles. The molecule has 1 aromatic heterocycles. The van der Waals surface area contributed by atoms with E-state index in [1.807, 2.05) is 0 Å². The maximum absolute atomic E-state index is 12.5. The molecule has 5 heteroatoms. The van der Waals surface area contributed by atoms with Crippen LogP contribution in [0.3, 0.4) is 0 Å². The highest BCUT2D eigenvalue weighted by atomic mass is 16.5.